The summed E-state index contributed by atoms with van der Waals surface area (Å²) in [5.41, 5.74) is 5.32. The van der Waals surface area contributed by atoms with Gasteiger partial charge in [-0.1, -0.05) is 13.0 Å². The highest BCUT2D eigenvalue weighted by atomic mass is 16.6. The third-order valence-corrected chi connectivity index (χ3v) is 2.64. The Morgan fingerprint density at radius 1 is 1.44 bits per heavy atom. The van der Waals surface area contributed by atoms with E-state index < -0.39 is 4.92 Å². The number of nitro groups is 1. The van der Waals surface area contributed by atoms with Gasteiger partial charge in [0.15, 0.2) is 0 Å². The molecule has 6 nitrogen and oxygen atoms in total. The fraction of sp³-hybridized carbons (Fsp3) is 0.417. The zero-order valence-corrected chi connectivity index (χ0v) is 10.5. The molecular weight excluding hydrogens is 234 g/mol. The van der Waals surface area contributed by atoms with Gasteiger partial charge in [0.05, 0.1) is 4.92 Å². The van der Waals surface area contributed by atoms with Gasteiger partial charge in [0.2, 0.25) is 0 Å². The molecule has 0 radical (unpaired) electrons. The molecule has 18 heavy (non-hydrogen) atoms. The van der Waals surface area contributed by atoms with Crippen molar-refractivity contribution in [2.24, 2.45) is 0 Å². The molecule has 0 atom stereocenters. The van der Waals surface area contributed by atoms with Crippen molar-refractivity contribution in [2.75, 3.05) is 18.8 Å². The van der Waals surface area contributed by atoms with E-state index in [-0.39, 0.29) is 22.8 Å². The van der Waals surface area contributed by atoms with Crippen LogP contribution in [0.15, 0.2) is 18.2 Å². The summed E-state index contributed by atoms with van der Waals surface area (Å²) in [6.45, 7) is 4.87. The van der Waals surface area contributed by atoms with Gasteiger partial charge in [-0.2, -0.15) is 0 Å². The van der Waals surface area contributed by atoms with Gasteiger partial charge in [0, 0.05) is 13.1 Å². The van der Waals surface area contributed by atoms with Crippen molar-refractivity contribution in [1.82, 2.24) is 4.90 Å². The standard InChI is InChI=1S/C12H17N3O3/c1-3-8-14(4-2)12(16)9-6-5-7-10(13)11(9)15(17)18/h5-7H,3-4,8,13H2,1-2H3. The topological polar surface area (TPSA) is 89.5 Å². The molecule has 0 bridgehead atoms. The molecule has 0 aromatic heterocycles. The Bertz CT molecular complexity index is 460. The summed E-state index contributed by atoms with van der Waals surface area (Å²) in [5, 5.41) is 11.0. The number of benzene rings is 1. The summed E-state index contributed by atoms with van der Waals surface area (Å²) in [6.07, 6.45) is 0.801. The van der Waals surface area contributed by atoms with E-state index in [0.29, 0.717) is 13.1 Å². The maximum atomic E-state index is 12.2. The van der Waals surface area contributed by atoms with Crippen LogP contribution in [0.5, 0.6) is 0 Å². The van der Waals surface area contributed by atoms with Crippen molar-refractivity contribution in [3.63, 3.8) is 0 Å². The first-order valence-electron chi connectivity index (χ1n) is 5.85. The highest BCUT2D eigenvalue weighted by Crippen LogP contribution is 2.26. The molecule has 0 spiro atoms. The maximum absolute atomic E-state index is 12.2. The van der Waals surface area contributed by atoms with Gasteiger partial charge in [-0.15, -0.1) is 0 Å². The van der Waals surface area contributed by atoms with Crippen molar-refractivity contribution in [3.8, 4) is 0 Å². The van der Waals surface area contributed by atoms with E-state index in [2.05, 4.69) is 0 Å². The molecule has 2 N–H and O–H groups in total. The van der Waals surface area contributed by atoms with Crippen molar-refractivity contribution >= 4 is 17.3 Å². The summed E-state index contributed by atoms with van der Waals surface area (Å²) >= 11 is 0. The van der Waals surface area contributed by atoms with Crippen molar-refractivity contribution in [2.45, 2.75) is 20.3 Å². The molecular formula is C12H17N3O3. The quantitative estimate of drug-likeness (QED) is 0.492. The Morgan fingerprint density at radius 3 is 2.61 bits per heavy atom. The molecule has 0 aliphatic rings. The number of nitrogens with zero attached hydrogens (tertiary/aromatic N) is 2. The third-order valence-electron chi connectivity index (χ3n) is 2.64. The second kappa shape index (κ2) is 6.00. The Balaban J connectivity index is 3.20. The van der Waals surface area contributed by atoms with Gasteiger partial charge >= 0.3 is 5.69 Å². The molecule has 0 unspecified atom stereocenters. The van der Waals surface area contributed by atoms with Gasteiger partial charge in [-0.25, -0.2) is 0 Å². The van der Waals surface area contributed by atoms with Gasteiger partial charge in [-0.3, -0.25) is 14.9 Å². The number of nitrogens with two attached hydrogens (primary N) is 1. The first kappa shape index (κ1) is 14.0. The molecule has 0 saturated heterocycles. The first-order chi connectivity index (χ1) is 8.52. The summed E-state index contributed by atoms with van der Waals surface area (Å²) < 4.78 is 0. The second-order valence-corrected chi connectivity index (χ2v) is 3.89. The van der Waals surface area contributed by atoms with Gasteiger partial charge < -0.3 is 10.6 Å². The van der Waals surface area contributed by atoms with E-state index in [1.54, 1.807) is 11.0 Å². The monoisotopic (exact) mass is 251 g/mol. The molecule has 0 aliphatic heterocycles. The molecule has 1 aromatic rings. The van der Waals surface area contributed by atoms with Crippen LogP contribution in [0.25, 0.3) is 0 Å². The van der Waals surface area contributed by atoms with Gasteiger partial charge in [0.25, 0.3) is 5.91 Å². The number of carbonyl (C=O) groups is 1. The third kappa shape index (κ3) is 2.77. The molecule has 1 aromatic carbocycles. The van der Waals surface area contributed by atoms with Crippen LogP contribution in [0.4, 0.5) is 11.4 Å². The number of nitrogen functional groups attached to an aromatic ring is 1. The van der Waals surface area contributed by atoms with Crippen molar-refractivity contribution < 1.29 is 9.72 Å². The smallest absolute Gasteiger partial charge is 0.304 e. The zero-order valence-electron chi connectivity index (χ0n) is 10.5. The average molecular weight is 251 g/mol. The molecule has 1 rings (SSSR count). The highest BCUT2D eigenvalue weighted by Gasteiger charge is 2.25. The number of hydrogen-bond acceptors (Lipinski definition) is 4. The van der Waals surface area contributed by atoms with E-state index in [1.165, 1.54) is 12.1 Å². The van der Waals surface area contributed by atoms with E-state index in [0.717, 1.165) is 6.42 Å². The minimum Gasteiger partial charge on any atom is -0.393 e. The van der Waals surface area contributed by atoms with E-state index >= 15 is 0 Å². The summed E-state index contributed by atoms with van der Waals surface area (Å²) in [6, 6.07) is 4.41. The number of para-hydroxylation sites is 1. The van der Waals surface area contributed by atoms with Crippen LogP contribution in [-0.4, -0.2) is 28.8 Å². The Labute approximate surface area is 106 Å². The van der Waals surface area contributed by atoms with Gasteiger partial charge in [-0.05, 0) is 25.5 Å². The highest BCUT2D eigenvalue weighted by molar-refractivity contribution is 6.00. The first-order valence-corrected chi connectivity index (χ1v) is 5.85. The predicted octanol–water partition coefficient (Wildman–Crippen LogP) is 2.05. The minimum absolute atomic E-state index is 0.0124. The minimum atomic E-state index is -0.609. The Hall–Kier alpha value is -2.11. The van der Waals surface area contributed by atoms with Crippen LogP contribution in [0.2, 0.25) is 0 Å². The molecule has 1 amide bonds. The number of rotatable bonds is 5. The molecule has 6 heteroatoms. The lowest BCUT2D eigenvalue weighted by atomic mass is 10.1. The Morgan fingerprint density at radius 2 is 2.11 bits per heavy atom. The van der Waals surface area contributed by atoms with Crippen molar-refractivity contribution in [1.29, 1.82) is 0 Å². The van der Waals surface area contributed by atoms with Crippen LogP contribution in [-0.2, 0) is 0 Å². The molecule has 0 saturated carbocycles. The van der Waals surface area contributed by atoms with E-state index in [9.17, 15) is 14.9 Å². The lowest BCUT2D eigenvalue weighted by molar-refractivity contribution is -0.384. The number of nitro benzene ring substituents is 1. The second-order valence-electron chi connectivity index (χ2n) is 3.89. The van der Waals surface area contributed by atoms with Crippen LogP contribution in [0.3, 0.4) is 0 Å². The predicted molar refractivity (Wildman–Crippen MR) is 69.4 cm³/mol. The summed E-state index contributed by atoms with van der Waals surface area (Å²) in [4.78, 5) is 24.1. The van der Waals surface area contributed by atoms with Crippen LogP contribution in [0, 0.1) is 10.1 Å². The van der Waals surface area contributed by atoms with Crippen LogP contribution < -0.4 is 5.73 Å². The lowest BCUT2D eigenvalue weighted by Gasteiger charge is -2.20. The van der Waals surface area contributed by atoms with E-state index in [1.807, 2.05) is 13.8 Å². The normalized spacial score (nSPS) is 10.1. The average Bonchev–Trinajstić information content (AvgIpc) is 2.34. The zero-order chi connectivity index (χ0) is 13.7. The molecule has 98 valence electrons. The fourth-order valence-corrected chi connectivity index (χ4v) is 1.78. The largest absolute Gasteiger partial charge is 0.393 e. The fourth-order valence-electron chi connectivity index (χ4n) is 1.78. The number of amides is 1. The summed E-state index contributed by atoms with van der Waals surface area (Å²) in [5.74, 6) is -0.349. The Kier molecular flexibility index (Phi) is 4.65. The number of anilines is 1. The van der Waals surface area contributed by atoms with E-state index in [4.69, 9.17) is 5.73 Å². The van der Waals surface area contributed by atoms with Gasteiger partial charge in [0.1, 0.15) is 11.3 Å². The molecule has 0 aliphatic carbocycles. The maximum Gasteiger partial charge on any atom is 0.304 e. The SMILES string of the molecule is CCCN(CC)C(=O)c1cccc(N)c1[N+](=O)[O-]. The van der Waals surface area contributed by atoms with Crippen molar-refractivity contribution in [3.05, 3.63) is 33.9 Å². The summed E-state index contributed by atoms with van der Waals surface area (Å²) in [7, 11) is 0. The number of hydrogen-bond donors (Lipinski definition) is 1. The lowest BCUT2D eigenvalue weighted by Crippen LogP contribution is -2.32. The molecule has 0 heterocycles. The van der Waals surface area contributed by atoms with Crippen LogP contribution >= 0.6 is 0 Å². The number of carbonyl (C=O) groups excluding carboxylic acids is 1. The van der Waals surface area contributed by atoms with Crippen LogP contribution in [0.1, 0.15) is 30.6 Å². The molecule has 0 fully saturated rings.